The zero-order chi connectivity index (χ0) is 7.19. The highest BCUT2D eigenvalue weighted by molar-refractivity contribution is 5.89. The average molecular weight is 136 g/mol. The summed E-state index contributed by atoms with van der Waals surface area (Å²) in [5.41, 5.74) is -0.0666. The molecule has 0 N–H and O–H groups in total. The zero-order valence-electron chi connectivity index (χ0n) is 6.26. The fourth-order valence-electron chi connectivity index (χ4n) is 2.13. The van der Waals surface area contributed by atoms with E-state index in [1.807, 2.05) is 0 Å². The third-order valence-corrected chi connectivity index (χ3v) is 2.78. The molecule has 0 aliphatic heterocycles. The lowest BCUT2D eigenvalue weighted by molar-refractivity contribution is -0.123. The normalized spacial score (nSPS) is 44.5. The summed E-state index contributed by atoms with van der Waals surface area (Å²) in [5.74, 6) is 1.12. The summed E-state index contributed by atoms with van der Waals surface area (Å²) in [4.78, 5) is 11.3. The van der Waals surface area contributed by atoms with Crippen molar-refractivity contribution in [2.75, 3.05) is 0 Å². The first-order valence-corrected chi connectivity index (χ1v) is 3.92. The van der Waals surface area contributed by atoms with E-state index >= 15 is 0 Å². The molecular weight excluding hydrogens is 124 g/mol. The van der Waals surface area contributed by atoms with Crippen LogP contribution in [0.2, 0.25) is 0 Å². The molecule has 1 heteroatoms. The number of Topliss-reactive ketones (excluding diaryl/α,β-unsaturated/α-hetero) is 1. The Morgan fingerprint density at radius 3 is 3.10 bits per heavy atom. The number of rotatable bonds is 0. The van der Waals surface area contributed by atoms with Crippen molar-refractivity contribution >= 4 is 5.78 Å². The molecule has 2 atom stereocenters. The van der Waals surface area contributed by atoms with Gasteiger partial charge in [-0.15, -0.1) is 0 Å². The van der Waals surface area contributed by atoms with Gasteiger partial charge < -0.3 is 0 Å². The number of hydrogen-bond acceptors (Lipinski definition) is 1. The minimum atomic E-state index is -0.0666. The Bertz CT molecular complexity index is 205. The zero-order valence-corrected chi connectivity index (χ0v) is 6.26. The first-order chi connectivity index (χ1) is 4.71. The van der Waals surface area contributed by atoms with Crippen molar-refractivity contribution in [1.82, 2.24) is 0 Å². The number of carbonyl (C=O) groups is 1. The van der Waals surface area contributed by atoms with Crippen LogP contribution in [0.4, 0.5) is 0 Å². The highest BCUT2D eigenvalue weighted by Gasteiger charge is 2.42. The Hall–Kier alpha value is -0.590. The molecule has 2 unspecified atom stereocenters. The standard InChI is InChI=1S/C9H12O/c1-9-4-2-3-7(6-9)5-8(9)10/h2,4,7H,3,5-6H2,1H3. The van der Waals surface area contributed by atoms with Gasteiger partial charge in [0, 0.05) is 11.8 Å². The number of ketones is 1. The molecule has 0 aromatic carbocycles. The molecule has 0 amide bonds. The smallest absolute Gasteiger partial charge is 0.142 e. The number of fused-ring (bicyclic) bond motifs is 2. The van der Waals surface area contributed by atoms with Crippen LogP contribution in [0, 0.1) is 11.3 Å². The number of carbonyl (C=O) groups excluding carboxylic acids is 1. The molecule has 2 rings (SSSR count). The molecule has 2 aliphatic rings. The van der Waals surface area contributed by atoms with Gasteiger partial charge in [0.1, 0.15) is 5.78 Å². The Morgan fingerprint density at radius 2 is 2.50 bits per heavy atom. The lowest BCUT2D eigenvalue weighted by Gasteiger charge is -2.20. The van der Waals surface area contributed by atoms with E-state index in [2.05, 4.69) is 19.1 Å². The number of allylic oxidation sites excluding steroid dienone is 2. The van der Waals surface area contributed by atoms with Crippen LogP contribution in [0.25, 0.3) is 0 Å². The Labute approximate surface area is 61.1 Å². The Kier molecular flexibility index (Phi) is 1.05. The maximum Gasteiger partial charge on any atom is 0.142 e. The van der Waals surface area contributed by atoms with Crippen LogP contribution in [0.1, 0.15) is 26.2 Å². The molecule has 0 heterocycles. The second kappa shape index (κ2) is 1.71. The first kappa shape index (κ1) is 6.14. The summed E-state index contributed by atoms with van der Waals surface area (Å²) in [6.45, 7) is 2.06. The van der Waals surface area contributed by atoms with Crippen LogP contribution >= 0.6 is 0 Å². The summed E-state index contributed by atoms with van der Waals surface area (Å²) < 4.78 is 0. The van der Waals surface area contributed by atoms with Gasteiger partial charge in [-0.3, -0.25) is 4.79 Å². The van der Waals surface area contributed by atoms with Gasteiger partial charge in [-0.1, -0.05) is 12.2 Å². The van der Waals surface area contributed by atoms with E-state index in [4.69, 9.17) is 0 Å². The van der Waals surface area contributed by atoms with Gasteiger partial charge >= 0.3 is 0 Å². The van der Waals surface area contributed by atoms with Crippen LogP contribution < -0.4 is 0 Å². The fourth-order valence-corrected chi connectivity index (χ4v) is 2.13. The van der Waals surface area contributed by atoms with Crippen molar-refractivity contribution in [3.63, 3.8) is 0 Å². The van der Waals surface area contributed by atoms with Gasteiger partial charge in [0.15, 0.2) is 0 Å². The summed E-state index contributed by atoms with van der Waals surface area (Å²) in [6, 6.07) is 0. The van der Waals surface area contributed by atoms with Crippen LogP contribution in [0.3, 0.4) is 0 Å². The van der Waals surface area contributed by atoms with Crippen LogP contribution in [-0.4, -0.2) is 5.78 Å². The minimum Gasteiger partial charge on any atom is -0.299 e. The quantitative estimate of drug-likeness (QED) is 0.465. The topological polar surface area (TPSA) is 17.1 Å². The second-order valence-electron chi connectivity index (χ2n) is 3.75. The van der Waals surface area contributed by atoms with E-state index in [1.165, 1.54) is 0 Å². The summed E-state index contributed by atoms with van der Waals surface area (Å²) in [7, 11) is 0. The summed E-state index contributed by atoms with van der Waals surface area (Å²) in [6.07, 6.45) is 7.31. The third-order valence-electron chi connectivity index (χ3n) is 2.78. The molecule has 0 aromatic heterocycles. The van der Waals surface area contributed by atoms with Crippen molar-refractivity contribution in [1.29, 1.82) is 0 Å². The predicted octanol–water partition coefficient (Wildman–Crippen LogP) is 1.93. The molecule has 1 saturated carbocycles. The van der Waals surface area contributed by atoms with Crippen LogP contribution in [0.5, 0.6) is 0 Å². The SMILES string of the molecule is CC12C=CCC(CC1=O)C2. The molecule has 2 bridgehead atoms. The van der Waals surface area contributed by atoms with E-state index in [9.17, 15) is 4.79 Å². The molecule has 1 nitrogen and oxygen atoms in total. The van der Waals surface area contributed by atoms with Crippen molar-refractivity contribution in [2.24, 2.45) is 11.3 Å². The van der Waals surface area contributed by atoms with Gasteiger partial charge in [-0.2, -0.15) is 0 Å². The van der Waals surface area contributed by atoms with Gasteiger partial charge in [0.25, 0.3) is 0 Å². The predicted molar refractivity (Wildman–Crippen MR) is 39.6 cm³/mol. The summed E-state index contributed by atoms with van der Waals surface area (Å²) in [5, 5.41) is 0. The van der Waals surface area contributed by atoms with Gasteiger partial charge in [0.05, 0.1) is 0 Å². The lowest BCUT2D eigenvalue weighted by atomic mass is 9.82. The summed E-state index contributed by atoms with van der Waals surface area (Å²) >= 11 is 0. The molecule has 54 valence electrons. The van der Waals surface area contributed by atoms with Crippen molar-refractivity contribution in [3.8, 4) is 0 Å². The molecule has 0 aromatic rings. The number of hydrogen-bond donors (Lipinski definition) is 0. The van der Waals surface area contributed by atoms with E-state index in [0.29, 0.717) is 11.7 Å². The van der Waals surface area contributed by atoms with Gasteiger partial charge in [0.2, 0.25) is 0 Å². The first-order valence-electron chi connectivity index (χ1n) is 3.92. The monoisotopic (exact) mass is 136 g/mol. The van der Waals surface area contributed by atoms with Crippen molar-refractivity contribution < 1.29 is 4.79 Å². The fraction of sp³-hybridized carbons (Fsp3) is 0.667. The second-order valence-corrected chi connectivity index (χ2v) is 3.75. The molecule has 0 radical (unpaired) electrons. The largest absolute Gasteiger partial charge is 0.299 e. The minimum absolute atomic E-state index is 0.0666. The van der Waals surface area contributed by atoms with E-state index in [-0.39, 0.29) is 5.41 Å². The van der Waals surface area contributed by atoms with Gasteiger partial charge in [-0.05, 0) is 25.7 Å². The lowest BCUT2D eigenvalue weighted by Crippen LogP contribution is -2.19. The molecule has 0 saturated heterocycles. The highest BCUT2D eigenvalue weighted by atomic mass is 16.1. The maximum absolute atomic E-state index is 11.3. The molecule has 1 fully saturated rings. The molecule has 0 spiro atoms. The molecule has 2 aliphatic carbocycles. The molecule has 10 heavy (non-hydrogen) atoms. The van der Waals surface area contributed by atoms with Crippen LogP contribution in [0.15, 0.2) is 12.2 Å². The van der Waals surface area contributed by atoms with Crippen LogP contribution in [-0.2, 0) is 4.79 Å². The third kappa shape index (κ3) is 0.664. The Balaban J connectivity index is 2.39. The Morgan fingerprint density at radius 1 is 1.70 bits per heavy atom. The van der Waals surface area contributed by atoms with Crippen molar-refractivity contribution in [2.45, 2.75) is 26.2 Å². The average Bonchev–Trinajstić information content (AvgIpc) is 2.04. The molecular formula is C9H12O. The van der Waals surface area contributed by atoms with E-state index in [1.54, 1.807) is 0 Å². The van der Waals surface area contributed by atoms with Crippen molar-refractivity contribution in [3.05, 3.63) is 12.2 Å². The van der Waals surface area contributed by atoms with E-state index < -0.39 is 0 Å². The van der Waals surface area contributed by atoms with Gasteiger partial charge in [-0.25, -0.2) is 0 Å². The maximum atomic E-state index is 11.3. The van der Waals surface area contributed by atoms with E-state index in [0.717, 1.165) is 19.3 Å². The highest BCUT2D eigenvalue weighted by Crippen LogP contribution is 2.44.